The molecule has 1 fully saturated rings. The van der Waals surface area contributed by atoms with Crippen LogP contribution in [0, 0.1) is 0 Å². The predicted molar refractivity (Wildman–Crippen MR) is 70.6 cm³/mol. The zero-order chi connectivity index (χ0) is 13.0. The van der Waals surface area contributed by atoms with Crippen molar-refractivity contribution in [3.8, 4) is 0 Å². The Morgan fingerprint density at radius 1 is 1.33 bits per heavy atom. The Morgan fingerprint density at radius 2 is 1.94 bits per heavy atom. The van der Waals surface area contributed by atoms with E-state index in [1.54, 1.807) is 12.4 Å². The van der Waals surface area contributed by atoms with E-state index in [1.807, 2.05) is 19.1 Å². The van der Waals surface area contributed by atoms with Crippen molar-refractivity contribution in [1.82, 2.24) is 15.0 Å². The zero-order valence-corrected chi connectivity index (χ0v) is 11.3. The molecule has 6 heteroatoms. The standard InChI is InChI=1S/C12H19N3O2S/c1-10(11-2-6-13-7-3-11)15-18(16,17)12-4-8-14-9-5-12/h2-3,6-7,10,12,14-15H,4-5,8-9H2,1H3. The molecule has 100 valence electrons. The van der Waals surface area contributed by atoms with Gasteiger partial charge in [-0.05, 0) is 50.6 Å². The van der Waals surface area contributed by atoms with E-state index in [-0.39, 0.29) is 11.3 Å². The largest absolute Gasteiger partial charge is 0.317 e. The molecule has 0 amide bonds. The van der Waals surface area contributed by atoms with Crippen molar-refractivity contribution in [1.29, 1.82) is 0 Å². The Bertz CT molecular complexity index is 469. The third-order valence-electron chi connectivity index (χ3n) is 3.27. The first-order valence-electron chi connectivity index (χ1n) is 6.21. The Kier molecular flexibility index (Phi) is 4.31. The number of hydrogen-bond donors (Lipinski definition) is 2. The topological polar surface area (TPSA) is 71.1 Å². The lowest BCUT2D eigenvalue weighted by Crippen LogP contribution is -2.42. The molecule has 1 aromatic heterocycles. The Morgan fingerprint density at radius 3 is 2.56 bits per heavy atom. The molecular weight excluding hydrogens is 250 g/mol. The summed E-state index contributed by atoms with van der Waals surface area (Å²) in [5.74, 6) is 0. The maximum Gasteiger partial charge on any atom is 0.215 e. The molecule has 1 atom stereocenters. The van der Waals surface area contributed by atoms with Crippen molar-refractivity contribution in [2.45, 2.75) is 31.1 Å². The summed E-state index contributed by atoms with van der Waals surface area (Å²) in [6, 6.07) is 3.44. The van der Waals surface area contributed by atoms with Crippen LogP contribution in [0.2, 0.25) is 0 Å². The van der Waals surface area contributed by atoms with Gasteiger partial charge in [-0.1, -0.05) is 0 Å². The van der Waals surface area contributed by atoms with E-state index in [0.29, 0.717) is 12.8 Å². The highest BCUT2D eigenvalue weighted by molar-refractivity contribution is 7.90. The van der Waals surface area contributed by atoms with Crippen LogP contribution in [0.15, 0.2) is 24.5 Å². The van der Waals surface area contributed by atoms with Crippen molar-refractivity contribution in [3.63, 3.8) is 0 Å². The number of nitrogens with zero attached hydrogens (tertiary/aromatic N) is 1. The average molecular weight is 269 g/mol. The number of pyridine rings is 1. The van der Waals surface area contributed by atoms with E-state index in [4.69, 9.17) is 0 Å². The average Bonchev–Trinajstić information content (AvgIpc) is 2.40. The molecule has 1 aliphatic heterocycles. The SMILES string of the molecule is CC(NS(=O)(=O)C1CCNCC1)c1ccncc1. The fraction of sp³-hybridized carbons (Fsp3) is 0.583. The normalized spacial score (nSPS) is 19.6. The summed E-state index contributed by atoms with van der Waals surface area (Å²) in [5, 5.41) is 2.90. The van der Waals surface area contributed by atoms with Gasteiger partial charge in [-0.15, -0.1) is 0 Å². The van der Waals surface area contributed by atoms with Gasteiger partial charge in [0.2, 0.25) is 10.0 Å². The molecule has 2 rings (SSSR count). The monoisotopic (exact) mass is 269 g/mol. The molecule has 5 nitrogen and oxygen atoms in total. The second-order valence-electron chi connectivity index (χ2n) is 4.61. The maximum atomic E-state index is 12.2. The zero-order valence-electron chi connectivity index (χ0n) is 10.5. The van der Waals surface area contributed by atoms with Crippen LogP contribution in [-0.4, -0.2) is 31.7 Å². The number of piperidine rings is 1. The second kappa shape index (κ2) is 5.77. The maximum absolute atomic E-state index is 12.2. The third kappa shape index (κ3) is 3.28. The number of rotatable bonds is 4. The van der Waals surface area contributed by atoms with Gasteiger partial charge in [-0.25, -0.2) is 13.1 Å². The lowest BCUT2D eigenvalue weighted by molar-refractivity contribution is 0.484. The van der Waals surface area contributed by atoms with Crippen LogP contribution >= 0.6 is 0 Å². The van der Waals surface area contributed by atoms with E-state index in [0.717, 1.165) is 18.7 Å². The van der Waals surface area contributed by atoms with Crippen LogP contribution in [0.25, 0.3) is 0 Å². The molecular formula is C12H19N3O2S. The Labute approximate surface area is 108 Å². The third-order valence-corrected chi connectivity index (χ3v) is 5.30. The van der Waals surface area contributed by atoms with Crippen LogP contribution in [0.3, 0.4) is 0 Å². The molecule has 0 bridgehead atoms. The summed E-state index contributed by atoms with van der Waals surface area (Å²) >= 11 is 0. The van der Waals surface area contributed by atoms with Gasteiger partial charge in [0.1, 0.15) is 0 Å². The fourth-order valence-corrected chi connectivity index (χ4v) is 3.85. The molecule has 18 heavy (non-hydrogen) atoms. The van der Waals surface area contributed by atoms with E-state index in [9.17, 15) is 8.42 Å². The highest BCUT2D eigenvalue weighted by Gasteiger charge is 2.28. The highest BCUT2D eigenvalue weighted by atomic mass is 32.2. The van der Waals surface area contributed by atoms with Gasteiger partial charge in [0.25, 0.3) is 0 Å². The number of nitrogens with one attached hydrogen (secondary N) is 2. The van der Waals surface area contributed by atoms with Crippen molar-refractivity contribution in [2.24, 2.45) is 0 Å². The van der Waals surface area contributed by atoms with E-state index < -0.39 is 10.0 Å². The first-order chi connectivity index (χ1) is 8.59. The van der Waals surface area contributed by atoms with Gasteiger partial charge in [0, 0.05) is 18.4 Å². The molecule has 0 radical (unpaired) electrons. The van der Waals surface area contributed by atoms with Gasteiger partial charge in [-0.2, -0.15) is 0 Å². The van der Waals surface area contributed by atoms with Gasteiger partial charge in [0.15, 0.2) is 0 Å². The molecule has 0 aliphatic carbocycles. The van der Waals surface area contributed by atoms with Crippen LogP contribution < -0.4 is 10.0 Å². The van der Waals surface area contributed by atoms with Crippen molar-refractivity contribution in [2.75, 3.05) is 13.1 Å². The molecule has 1 aliphatic rings. The van der Waals surface area contributed by atoms with Crippen LogP contribution in [0.1, 0.15) is 31.4 Å². The van der Waals surface area contributed by atoms with Gasteiger partial charge in [-0.3, -0.25) is 4.98 Å². The molecule has 1 unspecified atom stereocenters. The van der Waals surface area contributed by atoms with Crippen molar-refractivity contribution in [3.05, 3.63) is 30.1 Å². The smallest absolute Gasteiger partial charge is 0.215 e. The number of aromatic nitrogens is 1. The molecule has 2 heterocycles. The van der Waals surface area contributed by atoms with E-state index in [1.165, 1.54) is 0 Å². The molecule has 2 N–H and O–H groups in total. The quantitative estimate of drug-likeness (QED) is 0.848. The Balaban J connectivity index is 2.03. The minimum atomic E-state index is -3.24. The second-order valence-corrected chi connectivity index (χ2v) is 6.61. The van der Waals surface area contributed by atoms with Gasteiger partial charge < -0.3 is 5.32 Å². The van der Waals surface area contributed by atoms with Gasteiger partial charge in [0.05, 0.1) is 5.25 Å². The van der Waals surface area contributed by atoms with E-state index in [2.05, 4.69) is 15.0 Å². The summed E-state index contributed by atoms with van der Waals surface area (Å²) in [6.45, 7) is 3.40. The summed E-state index contributed by atoms with van der Waals surface area (Å²) in [4.78, 5) is 3.93. The lowest BCUT2D eigenvalue weighted by atomic mass is 10.1. The molecule has 0 aromatic carbocycles. The summed E-state index contributed by atoms with van der Waals surface area (Å²) in [5.41, 5.74) is 0.933. The van der Waals surface area contributed by atoms with E-state index >= 15 is 0 Å². The fourth-order valence-electron chi connectivity index (χ4n) is 2.17. The summed E-state index contributed by atoms with van der Waals surface area (Å²) in [6.07, 6.45) is 4.70. The number of hydrogen-bond acceptors (Lipinski definition) is 4. The van der Waals surface area contributed by atoms with Crippen molar-refractivity contribution < 1.29 is 8.42 Å². The minimum absolute atomic E-state index is 0.215. The van der Waals surface area contributed by atoms with Crippen LogP contribution in [0.4, 0.5) is 0 Å². The van der Waals surface area contributed by atoms with Crippen molar-refractivity contribution >= 4 is 10.0 Å². The highest BCUT2D eigenvalue weighted by Crippen LogP contribution is 2.17. The summed E-state index contributed by atoms with van der Waals surface area (Å²) < 4.78 is 27.2. The first kappa shape index (κ1) is 13.5. The minimum Gasteiger partial charge on any atom is -0.317 e. The van der Waals surface area contributed by atoms with Crippen LogP contribution in [-0.2, 0) is 10.0 Å². The predicted octanol–water partition coefficient (Wildman–Crippen LogP) is 0.814. The van der Waals surface area contributed by atoms with Gasteiger partial charge >= 0.3 is 0 Å². The number of sulfonamides is 1. The molecule has 0 spiro atoms. The summed E-state index contributed by atoms with van der Waals surface area (Å²) in [7, 11) is -3.24. The van der Waals surface area contributed by atoms with Crippen LogP contribution in [0.5, 0.6) is 0 Å². The molecule has 1 aromatic rings. The lowest BCUT2D eigenvalue weighted by Gasteiger charge is -2.25. The molecule has 0 saturated carbocycles. The first-order valence-corrected chi connectivity index (χ1v) is 7.76. The Hall–Kier alpha value is -0.980. The molecule has 1 saturated heterocycles.